The lowest BCUT2D eigenvalue weighted by molar-refractivity contribution is 0.104. The molecule has 1 aliphatic rings. The molecule has 1 aliphatic carbocycles. The van der Waals surface area contributed by atoms with E-state index in [1.165, 1.54) is 12.8 Å². The van der Waals surface area contributed by atoms with Gasteiger partial charge in [-0.15, -0.1) is 0 Å². The number of benzene rings is 1. The standard InChI is InChI=1S/C17H27NO3/c1-13-7-14(2)9-16(8-13)21-11-15(20)10-18-12-17(3-4-17)5-6-19/h7-9,15,18-20H,3-6,10-12H2,1-2H3. The molecule has 0 amide bonds. The second kappa shape index (κ2) is 7.25. The van der Waals surface area contributed by atoms with Gasteiger partial charge in [0.15, 0.2) is 0 Å². The molecule has 0 radical (unpaired) electrons. The Morgan fingerprint density at radius 2 is 1.90 bits per heavy atom. The Balaban J connectivity index is 1.66. The first-order valence-electron chi connectivity index (χ1n) is 7.74. The van der Waals surface area contributed by atoms with Crippen LogP contribution >= 0.6 is 0 Å². The highest BCUT2D eigenvalue weighted by Crippen LogP contribution is 2.47. The quantitative estimate of drug-likeness (QED) is 0.650. The van der Waals surface area contributed by atoms with Crippen molar-refractivity contribution in [3.05, 3.63) is 29.3 Å². The van der Waals surface area contributed by atoms with Crippen LogP contribution in [0.1, 0.15) is 30.4 Å². The monoisotopic (exact) mass is 293 g/mol. The smallest absolute Gasteiger partial charge is 0.119 e. The summed E-state index contributed by atoms with van der Waals surface area (Å²) in [6.45, 7) is 6.01. The Bertz CT molecular complexity index is 437. The minimum absolute atomic E-state index is 0.250. The van der Waals surface area contributed by atoms with Gasteiger partial charge in [-0.2, -0.15) is 0 Å². The molecule has 4 heteroatoms. The van der Waals surface area contributed by atoms with Gasteiger partial charge in [0, 0.05) is 19.7 Å². The van der Waals surface area contributed by atoms with Crippen molar-refractivity contribution in [3.8, 4) is 5.75 Å². The Labute approximate surface area is 127 Å². The highest BCUT2D eigenvalue weighted by Gasteiger charge is 2.41. The maximum atomic E-state index is 9.96. The van der Waals surface area contributed by atoms with Crippen LogP contribution in [-0.2, 0) is 0 Å². The van der Waals surface area contributed by atoms with Crippen molar-refractivity contribution < 1.29 is 14.9 Å². The van der Waals surface area contributed by atoms with Crippen LogP contribution in [0.15, 0.2) is 18.2 Å². The number of nitrogens with one attached hydrogen (secondary N) is 1. The molecule has 0 spiro atoms. The third-order valence-corrected chi connectivity index (χ3v) is 4.12. The van der Waals surface area contributed by atoms with Crippen molar-refractivity contribution in [2.75, 3.05) is 26.3 Å². The molecule has 1 unspecified atom stereocenters. The maximum absolute atomic E-state index is 9.96. The van der Waals surface area contributed by atoms with Gasteiger partial charge in [0.1, 0.15) is 18.5 Å². The van der Waals surface area contributed by atoms with Crippen LogP contribution in [0.25, 0.3) is 0 Å². The molecule has 0 bridgehead atoms. The zero-order valence-electron chi connectivity index (χ0n) is 13.1. The van der Waals surface area contributed by atoms with Gasteiger partial charge < -0.3 is 20.3 Å². The van der Waals surface area contributed by atoms with Crippen molar-refractivity contribution in [1.82, 2.24) is 5.32 Å². The first-order chi connectivity index (χ1) is 10.0. The van der Waals surface area contributed by atoms with Gasteiger partial charge in [-0.25, -0.2) is 0 Å². The van der Waals surface area contributed by atoms with Gasteiger partial charge in [0.05, 0.1) is 0 Å². The number of aryl methyl sites for hydroxylation is 2. The second-order valence-electron chi connectivity index (χ2n) is 6.39. The summed E-state index contributed by atoms with van der Waals surface area (Å²) < 4.78 is 5.65. The van der Waals surface area contributed by atoms with Crippen molar-refractivity contribution in [3.63, 3.8) is 0 Å². The molecule has 1 aromatic carbocycles. The molecule has 0 aliphatic heterocycles. The van der Waals surface area contributed by atoms with Gasteiger partial charge in [-0.1, -0.05) is 6.07 Å². The van der Waals surface area contributed by atoms with Crippen LogP contribution in [-0.4, -0.2) is 42.6 Å². The van der Waals surface area contributed by atoms with Crippen molar-refractivity contribution >= 4 is 0 Å². The van der Waals surface area contributed by atoms with E-state index in [-0.39, 0.29) is 12.0 Å². The van der Waals surface area contributed by atoms with Crippen molar-refractivity contribution in [1.29, 1.82) is 0 Å². The highest BCUT2D eigenvalue weighted by molar-refractivity contribution is 5.32. The van der Waals surface area contributed by atoms with E-state index in [0.717, 1.165) is 29.8 Å². The lowest BCUT2D eigenvalue weighted by atomic mass is 10.0. The lowest BCUT2D eigenvalue weighted by Gasteiger charge is -2.17. The van der Waals surface area contributed by atoms with E-state index in [2.05, 4.69) is 11.4 Å². The normalized spacial score (nSPS) is 17.5. The summed E-state index contributed by atoms with van der Waals surface area (Å²) >= 11 is 0. The van der Waals surface area contributed by atoms with E-state index < -0.39 is 6.10 Å². The molecular formula is C17H27NO3. The molecule has 1 saturated carbocycles. The van der Waals surface area contributed by atoms with Crippen LogP contribution in [0.3, 0.4) is 0 Å². The molecule has 3 N–H and O–H groups in total. The fraction of sp³-hybridized carbons (Fsp3) is 0.647. The van der Waals surface area contributed by atoms with E-state index in [0.29, 0.717) is 13.2 Å². The number of hydrogen-bond acceptors (Lipinski definition) is 4. The highest BCUT2D eigenvalue weighted by atomic mass is 16.5. The summed E-state index contributed by atoms with van der Waals surface area (Å²) in [5.41, 5.74) is 2.61. The van der Waals surface area contributed by atoms with Crippen LogP contribution in [0.5, 0.6) is 5.75 Å². The Morgan fingerprint density at radius 1 is 1.24 bits per heavy atom. The van der Waals surface area contributed by atoms with Gasteiger partial charge in [-0.3, -0.25) is 0 Å². The minimum Gasteiger partial charge on any atom is -0.491 e. The summed E-state index contributed by atoms with van der Waals surface area (Å²) in [6.07, 6.45) is 2.69. The number of hydrogen-bond donors (Lipinski definition) is 3. The average Bonchev–Trinajstić information content (AvgIpc) is 3.16. The molecule has 4 nitrogen and oxygen atoms in total. The topological polar surface area (TPSA) is 61.7 Å². The number of aliphatic hydroxyl groups is 2. The SMILES string of the molecule is Cc1cc(C)cc(OCC(O)CNCC2(CCO)CC2)c1. The maximum Gasteiger partial charge on any atom is 0.119 e. The third-order valence-electron chi connectivity index (χ3n) is 4.12. The van der Waals surface area contributed by atoms with Crippen molar-refractivity contribution in [2.24, 2.45) is 5.41 Å². The molecule has 118 valence electrons. The zero-order chi connectivity index (χ0) is 15.3. The Hall–Kier alpha value is -1.10. The molecule has 1 aromatic rings. The van der Waals surface area contributed by atoms with Gasteiger partial charge >= 0.3 is 0 Å². The molecule has 0 saturated heterocycles. The number of ether oxygens (including phenoxy) is 1. The van der Waals surface area contributed by atoms with Crippen LogP contribution in [0, 0.1) is 19.3 Å². The van der Waals surface area contributed by atoms with E-state index >= 15 is 0 Å². The number of rotatable bonds is 9. The molecule has 2 rings (SSSR count). The molecule has 0 aromatic heterocycles. The third kappa shape index (κ3) is 5.30. The summed E-state index contributed by atoms with van der Waals surface area (Å²) in [5.74, 6) is 0.811. The van der Waals surface area contributed by atoms with E-state index in [4.69, 9.17) is 9.84 Å². The molecule has 0 heterocycles. The van der Waals surface area contributed by atoms with Gasteiger partial charge in [-0.05, 0) is 61.8 Å². The van der Waals surface area contributed by atoms with E-state index in [9.17, 15) is 5.11 Å². The Morgan fingerprint density at radius 3 is 2.48 bits per heavy atom. The lowest BCUT2D eigenvalue weighted by Crippen LogP contribution is -2.35. The first-order valence-corrected chi connectivity index (χ1v) is 7.74. The zero-order valence-corrected chi connectivity index (χ0v) is 13.1. The van der Waals surface area contributed by atoms with E-state index in [1.54, 1.807) is 0 Å². The van der Waals surface area contributed by atoms with Crippen molar-refractivity contribution in [2.45, 2.75) is 39.2 Å². The predicted molar refractivity (Wildman–Crippen MR) is 83.7 cm³/mol. The molecular weight excluding hydrogens is 266 g/mol. The fourth-order valence-corrected chi connectivity index (χ4v) is 2.70. The fourth-order valence-electron chi connectivity index (χ4n) is 2.70. The van der Waals surface area contributed by atoms with Gasteiger partial charge in [0.25, 0.3) is 0 Å². The largest absolute Gasteiger partial charge is 0.491 e. The minimum atomic E-state index is -0.518. The summed E-state index contributed by atoms with van der Waals surface area (Å²) in [5, 5.41) is 22.3. The average molecular weight is 293 g/mol. The Kier molecular flexibility index (Phi) is 5.62. The predicted octanol–water partition coefficient (Wildman–Crippen LogP) is 1.80. The first kappa shape index (κ1) is 16.3. The van der Waals surface area contributed by atoms with Crippen LogP contribution in [0.4, 0.5) is 0 Å². The van der Waals surface area contributed by atoms with Gasteiger partial charge in [0.2, 0.25) is 0 Å². The molecule has 1 atom stereocenters. The summed E-state index contributed by atoms with van der Waals surface area (Å²) in [4.78, 5) is 0. The summed E-state index contributed by atoms with van der Waals surface area (Å²) in [7, 11) is 0. The van der Waals surface area contributed by atoms with E-state index in [1.807, 2.05) is 26.0 Å². The number of aliphatic hydroxyl groups excluding tert-OH is 2. The second-order valence-corrected chi connectivity index (χ2v) is 6.39. The van der Waals surface area contributed by atoms with Crippen LogP contribution < -0.4 is 10.1 Å². The molecule has 1 fully saturated rings. The van der Waals surface area contributed by atoms with Crippen LogP contribution in [0.2, 0.25) is 0 Å². The molecule has 21 heavy (non-hydrogen) atoms. The summed E-state index contributed by atoms with van der Waals surface area (Å²) in [6, 6.07) is 6.06.